The van der Waals surface area contributed by atoms with Gasteiger partial charge in [-0.2, -0.15) is 0 Å². The van der Waals surface area contributed by atoms with Gasteiger partial charge in [0.25, 0.3) is 0 Å². The summed E-state index contributed by atoms with van der Waals surface area (Å²) in [6, 6.07) is 6.59. The number of carbonyl (C=O) groups is 2. The third-order valence-electron chi connectivity index (χ3n) is 2.83. The Morgan fingerprint density at radius 3 is 1.46 bits per heavy atom. The van der Waals surface area contributed by atoms with Gasteiger partial charge in [0.1, 0.15) is 0 Å². The minimum atomic E-state index is -4.64. The summed E-state index contributed by atoms with van der Waals surface area (Å²) in [5.74, 6) is -0.942. The van der Waals surface area contributed by atoms with Crippen LogP contribution in [0.5, 0.6) is 0 Å². The molecule has 0 atom stereocenters. The van der Waals surface area contributed by atoms with E-state index in [4.69, 9.17) is 28.7 Å². The van der Waals surface area contributed by atoms with E-state index in [9.17, 15) is 9.59 Å². The van der Waals surface area contributed by atoms with E-state index in [2.05, 4.69) is 0 Å². The van der Waals surface area contributed by atoms with Gasteiger partial charge in [0.05, 0.1) is 24.3 Å². The van der Waals surface area contributed by atoms with Crippen LogP contribution in [0.15, 0.2) is 24.3 Å². The predicted octanol–water partition coefficient (Wildman–Crippen LogP) is 2.02. The number of phosphoric acid groups is 1. The van der Waals surface area contributed by atoms with Crippen LogP contribution < -0.4 is 0 Å². The van der Waals surface area contributed by atoms with Crippen LogP contribution >= 0.6 is 7.82 Å². The molecule has 0 aliphatic carbocycles. The first-order valence-corrected chi connectivity index (χ1v) is 9.48. The summed E-state index contributed by atoms with van der Waals surface area (Å²) in [5.41, 5.74) is 0.537. The molecule has 0 unspecified atom stereocenters. The van der Waals surface area contributed by atoms with E-state index in [1.165, 1.54) is 0 Å². The van der Waals surface area contributed by atoms with Crippen molar-refractivity contribution in [1.82, 2.24) is 0 Å². The molecular weight excluding hydrogens is 374 g/mol. The molecule has 1 rings (SSSR count). The van der Waals surface area contributed by atoms with Crippen molar-refractivity contribution in [3.8, 4) is 0 Å². The van der Waals surface area contributed by atoms with Crippen molar-refractivity contribution in [3.63, 3.8) is 0 Å². The van der Waals surface area contributed by atoms with Gasteiger partial charge < -0.3 is 24.2 Å². The molecule has 0 bridgehead atoms. The van der Waals surface area contributed by atoms with E-state index >= 15 is 0 Å². The van der Waals surface area contributed by atoms with Gasteiger partial charge in [0.2, 0.25) is 0 Å². The molecule has 1 aromatic rings. The zero-order chi connectivity index (χ0) is 19.3. The van der Waals surface area contributed by atoms with Gasteiger partial charge in [-0.1, -0.05) is 38.8 Å². The van der Waals surface area contributed by atoms with Crippen LogP contribution in [0.4, 0.5) is 0 Å². The van der Waals surface area contributed by atoms with Crippen LogP contribution in [0.2, 0.25) is 0 Å². The van der Waals surface area contributed by atoms with Gasteiger partial charge in [-0.25, -0.2) is 14.2 Å². The third kappa shape index (κ3) is 14.4. The Bertz CT molecular complexity index is 538. The van der Waals surface area contributed by atoms with E-state index in [1.54, 1.807) is 24.3 Å². The summed E-state index contributed by atoms with van der Waals surface area (Å²) in [4.78, 5) is 45.5. The van der Waals surface area contributed by atoms with Crippen LogP contribution in [0.1, 0.15) is 60.2 Å². The summed E-state index contributed by atoms with van der Waals surface area (Å²) >= 11 is 0. The fourth-order valence-electron chi connectivity index (χ4n) is 1.61. The van der Waals surface area contributed by atoms with Crippen molar-refractivity contribution >= 4 is 49.3 Å². The SMILES string of the molecule is CCCCOC(=O)c1ccccc1C(=O)OCCCC.O=P(O)(O)O.[NaH]. The van der Waals surface area contributed by atoms with E-state index in [0.717, 1.165) is 25.7 Å². The van der Waals surface area contributed by atoms with E-state index in [0.29, 0.717) is 13.2 Å². The zero-order valence-electron chi connectivity index (χ0n) is 14.4. The fourth-order valence-corrected chi connectivity index (χ4v) is 1.61. The molecule has 0 aromatic heterocycles. The van der Waals surface area contributed by atoms with Crippen LogP contribution in [-0.2, 0) is 14.0 Å². The van der Waals surface area contributed by atoms with E-state index < -0.39 is 19.8 Å². The number of carbonyl (C=O) groups excluding carboxylic acids is 2. The zero-order valence-corrected chi connectivity index (χ0v) is 15.3. The predicted molar refractivity (Wildman–Crippen MR) is 98.2 cm³/mol. The van der Waals surface area contributed by atoms with E-state index in [-0.39, 0.29) is 40.7 Å². The maximum absolute atomic E-state index is 11.9. The number of unbranched alkanes of at least 4 members (excludes halogenated alkanes) is 2. The van der Waals surface area contributed by atoms with Crippen molar-refractivity contribution < 1.29 is 38.3 Å². The van der Waals surface area contributed by atoms with Crippen LogP contribution in [-0.4, -0.2) is 69.4 Å². The van der Waals surface area contributed by atoms with Gasteiger partial charge >= 0.3 is 49.3 Å². The number of rotatable bonds is 8. The topological polar surface area (TPSA) is 130 Å². The summed E-state index contributed by atoms with van der Waals surface area (Å²) in [6.07, 6.45) is 3.53. The van der Waals surface area contributed by atoms with Crippen molar-refractivity contribution in [2.75, 3.05) is 13.2 Å². The molecule has 0 spiro atoms. The van der Waals surface area contributed by atoms with Crippen LogP contribution in [0.25, 0.3) is 0 Å². The first kappa shape index (κ1) is 27.5. The monoisotopic (exact) mass is 400 g/mol. The minimum absolute atomic E-state index is 0. The molecule has 8 nitrogen and oxygen atoms in total. The van der Waals surface area contributed by atoms with Crippen molar-refractivity contribution in [2.45, 2.75) is 39.5 Å². The molecule has 0 fully saturated rings. The molecule has 26 heavy (non-hydrogen) atoms. The van der Waals surface area contributed by atoms with Crippen molar-refractivity contribution in [3.05, 3.63) is 35.4 Å². The third-order valence-corrected chi connectivity index (χ3v) is 2.83. The molecule has 144 valence electrons. The Morgan fingerprint density at radius 2 is 1.19 bits per heavy atom. The number of hydrogen-bond acceptors (Lipinski definition) is 5. The van der Waals surface area contributed by atoms with Gasteiger partial charge in [-0.3, -0.25) is 0 Å². The second kappa shape index (κ2) is 15.3. The number of hydrogen-bond donors (Lipinski definition) is 3. The molecular formula is C16H26NaO8P. The molecule has 0 radical (unpaired) electrons. The van der Waals surface area contributed by atoms with E-state index in [1.807, 2.05) is 13.8 Å². The van der Waals surface area contributed by atoms with Crippen LogP contribution in [0, 0.1) is 0 Å². The summed E-state index contributed by atoms with van der Waals surface area (Å²) in [7, 11) is -4.64. The Kier molecular flexibility index (Phi) is 16.2. The molecule has 0 heterocycles. The summed E-state index contributed by atoms with van der Waals surface area (Å²) < 4.78 is 19.2. The number of ether oxygens (including phenoxy) is 2. The number of esters is 2. The Hall–Kier alpha value is -0.730. The second-order valence-electron chi connectivity index (χ2n) is 5.04. The standard InChI is InChI=1S/C16H22O4.Na.H3O4P.H/c1-3-5-11-19-15(17)13-9-7-8-10-14(13)16(18)20-12-6-4-2;;1-5(2,3)4;/h7-10H,3-6,11-12H2,1-2H3;;(H3,1,2,3,4);. The molecule has 0 amide bonds. The first-order chi connectivity index (χ1) is 11.7. The Balaban J connectivity index is 0. The van der Waals surface area contributed by atoms with Crippen molar-refractivity contribution in [1.29, 1.82) is 0 Å². The molecule has 3 N–H and O–H groups in total. The Morgan fingerprint density at radius 1 is 0.885 bits per heavy atom. The molecule has 0 aliphatic heterocycles. The molecule has 0 saturated carbocycles. The number of benzene rings is 1. The second-order valence-corrected chi connectivity index (χ2v) is 6.06. The molecule has 1 aromatic carbocycles. The average Bonchev–Trinajstić information content (AvgIpc) is 2.53. The van der Waals surface area contributed by atoms with Gasteiger partial charge in [-0.05, 0) is 25.0 Å². The van der Waals surface area contributed by atoms with Gasteiger partial charge in [0, 0.05) is 0 Å². The van der Waals surface area contributed by atoms with Gasteiger partial charge in [0.15, 0.2) is 0 Å². The normalized spacial score (nSPS) is 10.0. The summed E-state index contributed by atoms with van der Waals surface area (Å²) in [6.45, 7) is 4.78. The van der Waals surface area contributed by atoms with Crippen molar-refractivity contribution in [2.24, 2.45) is 0 Å². The quantitative estimate of drug-likeness (QED) is 0.262. The molecule has 0 saturated heterocycles. The van der Waals surface area contributed by atoms with Gasteiger partial charge in [-0.15, -0.1) is 0 Å². The first-order valence-electron chi connectivity index (χ1n) is 7.92. The summed E-state index contributed by atoms with van der Waals surface area (Å²) in [5, 5.41) is 0. The molecule has 10 heteroatoms. The van der Waals surface area contributed by atoms with Crippen LogP contribution in [0.3, 0.4) is 0 Å². The molecule has 0 aliphatic rings. The fraction of sp³-hybridized carbons (Fsp3) is 0.500. The Labute approximate surface area is 175 Å². The average molecular weight is 400 g/mol. The maximum atomic E-state index is 11.9.